The van der Waals surface area contributed by atoms with Crippen LogP contribution in [0.1, 0.15) is 18.9 Å². The SMILES string of the molecule is CC/C=C(\C#N)c1ccc(F)cc1. The Kier molecular flexibility index (Phi) is 3.22. The molecule has 1 aromatic carbocycles. The molecular weight excluding hydrogens is 165 g/mol. The maximum absolute atomic E-state index is 12.5. The molecule has 0 aliphatic carbocycles. The molecule has 0 saturated carbocycles. The lowest BCUT2D eigenvalue weighted by molar-refractivity contribution is 0.627. The van der Waals surface area contributed by atoms with Crippen molar-refractivity contribution < 1.29 is 4.39 Å². The minimum absolute atomic E-state index is 0.280. The fourth-order valence-corrected chi connectivity index (χ4v) is 1.06. The van der Waals surface area contributed by atoms with Crippen molar-refractivity contribution in [2.45, 2.75) is 13.3 Å². The van der Waals surface area contributed by atoms with Crippen LogP contribution in [0, 0.1) is 17.1 Å². The van der Waals surface area contributed by atoms with Gasteiger partial charge in [-0.05, 0) is 24.1 Å². The highest BCUT2D eigenvalue weighted by Gasteiger charge is 1.98. The summed E-state index contributed by atoms with van der Waals surface area (Å²) in [4.78, 5) is 0. The molecule has 0 spiro atoms. The third-order valence-electron chi connectivity index (χ3n) is 1.68. The van der Waals surface area contributed by atoms with Gasteiger partial charge in [0.25, 0.3) is 0 Å². The Bertz CT molecular complexity index is 343. The van der Waals surface area contributed by atoms with Gasteiger partial charge >= 0.3 is 0 Å². The second-order valence-electron chi connectivity index (χ2n) is 2.64. The molecular formula is C11H10FN. The Hall–Kier alpha value is -1.62. The van der Waals surface area contributed by atoms with Gasteiger partial charge in [0.2, 0.25) is 0 Å². The van der Waals surface area contributed by atoms with E-state index in [1.807, 2.05) is 13.0 Å². The van der Waals surface area contributed by atoms with Crippen molar-refractivity contribution in [2.75, 3.05) is 0 Å². The van der Waals surface area contributed by atoms with Gasteiger partial charge in [0, 0.05) is 0 Å². The quantitative estimate of drug-likeness (QED) is 0.633. The molecule has 0 saturated heterocycles. The number of halogens is 1. The Morgan fingerprint density at radius 1 is 1.46 bits per heavy atom. The molecule has 0 bridgehead atoms. The lowest BCUT2D eigenvalue weighted by atomic mass is 10.1. The minimum atomic E-state index is -0.280. The zero-order chi connectivity index (χ0) is 9.68. The minimum Gasteiger partial charge on any atom is -0.207 e. The molecule has 66 valence electrons. The van der Waals surface area contributed by atoms with Crippen LogP contribution in [0.2, 0.25) is 0 Å². The molecule has 0 amide bonds. The summed E-state index contributed by atoms with van der Waals surface area (Å²) in [5.41, 5.74) is 1.37. The first kappa shape index (κ1) is 9.47. The molecule has 0 N–H and O–H groups in total. The molecule has 0 aliphatic rings. The average Bonchev–Trinajstić information content (AvgIpc) is 2.16. The summed E-state index contributed by atoms with van der Waals surface area (Å²) in [6.07, 6.45) is 2.63. The van der Waals surface area contributed by atoms with Gasteiger partial charge in [-0.25, -0.2) is 4.39 Å². The second kappa shape index (κ2) is 4.42. The number of nitrogens with zero attached hydrogens (tertiary/aromatic N) is 1. The van der Waals surface area contributed by atoms with E-state index in [0.717, 1.165) is 12.0 Å². The van der Waals surface area contributed by atoms with Crippen molar-refractivity contribution >= 4 is 5.57 Å². The van der Waals surface area contributed by atoms with Gasteiger partial charge in [0.05, 0.1) is 11.6 Å². The van der Waals surface area contributed by atoms with E-state index in [1.165, 1.54) is 12.1 Å². The number of nitriles is 1. The van der Waals surface area contributed by atoms with Gasteiger partial charge in [0.1, 0.15) is 5.82 Å². The molecule has 2 heteroatoms. The van der Waals surface area contributed by atoms with Crippen molar-refractivity contribution in [3.8, 4) is 6.07 Å². The molecule has 0 aromatic heterocycles. The van der Waals surface area contributed by atoms with E-state index >= 15 is 0 Å². The van der Waals surface area contributed by atoms with Crippen LogP contribution in [-0.2, 0) is 0 Å². The summed E-state index contributed by atoms with van der Waals surface area (Å²) in [6, 6.07) is 8.01. The van der Waals surface area contributed by atoms with Gasteiger partial charge in [-0.15, -0.1) is 0 Å². The van der Waals surface area contributed by atoms with Crippen LogP contribution in [0.5, 0.6) is 0 Å². The lowest BCUT2D eigenvalue weighted by Crippen LogP contribution is -1.81. The van der Waals surface area contributed by atoms with Crippen LogP contribution in [0.3, 0.4) is 0 Å². The predicted molar refractivity (Wildman–Crippen MR) is 50.3 cm³/mol. The van der Waals surface area contributed by atoms with Crippen molar-refractivity contribution in [2.24, 2.45) is 0 Å². The van der Waals surface area contributed by atoms with Crippen molar-refractivity contribution in [3.05, 3.63) is 41.7 Å². The van der Waals surface area contributed by atoms with Crippen LogP contribution < -0.4 is 0 Å². The first-order valence-corrected chi connectivity index (χ1v) is 4.14. The topological polar surface area (TPSA) is 23.8 Å². The summed E-state index contributed by atoms with van der Waals surface area (Å²) in [5.74, 6) is -0.280. The molecule has 1 rings (SSSR count). The van der Waals surface area contributed by atoms with Crippen LogP contribution in [-0.4, -0.2) is 0 Å². The summed E-state index contributed by atoms with van der Waals surface area (Å²) in [6.45, 7) is 1.96. The van der Waals surface area contributed by atoms with Crippen molar-refractivity contribution in [3.63, 3.8) is 0 Å². The van der Waals surface area contributed by atoms with Gasteiger partial charge in [-0.1, -0.05) is 25.1 Å². The first-order valence-electron chi connectivity index (χ1n) is 4.14. The highest BCUT2D eigenvalue weighted by Crippen LogP contribution is 2.14. The average molecular weight is 175 g/mol. The summed E-state index contributed by atoms with van der Waals surface area (Å²) in [7, 11) is 0. The van der Waals surface area contributed by atoms with Gasteiger partial charge in [0.15, 0.2) is 0 Å². The molecule has 1 aromatic rings. The Morgan fingerprint density at radius 3 is 2.54 bits per heavy atom. The van der Waals surface area contributed by atoms with Crippen LogP contribution >= 0.6 is 0 Å². The fraction of sp³-hybridized carbons (Fsp3) is 0.182. The number of allylic oxidation sites excluding steroid dienone is 2. The Balaban J connectivity index is 3.01. The van der Waals surface area contributed by atoms with Crippen LogP contribution in [0.25, 0.3) is 5.57 Å². The Labute approximate surface area is 77.1 Å². The largest absolute Gasteiger partial charge is 0.207 e. The predicted octanol–water partition coefficient (Wildman–Crippen LogP) is 3.14. The molecule has 0 unspecified atom stereocenters. The Morgan fingerprint density at radius 2 is 2.08 bits per heavy atom. The highest BCUT2D eigenvalue weighted by atomic mass is 19.1. The molecule has 0 fully saturated rings. The van der Waals surface area contributed by atoms with Crippen molar-refractivity contribution in [1.82, 2.24) is 0 Å². The second-order valence-corrected chi connectivity index (χ2v) is 2.64. The molecule has 0 heterocycles. The van der Waals surface area contributed by atoms with Crippen LogP contribution in [0.4, 0.5) is 4.39 Å². The van der Waals surface area contributed by atoms with Gasteiger partial charge in [-0.2, -0.15) is 5.26 Å². The highest BCUT2D eigenvalue weighted by molar-refractivity contribution is 5.76. The van der Waals surface area contributed by atoms with E-state index in [-0.39, 0.29) is 5.82 Å². The van der Waals surface area contributed by atoms with Crippen molar-refractivity contribution in [1.29, 1.82) is 5.26 Å². The third kappa shape index (κ3) is 2.41. The van der Waals surface area contributed by atoms with E-state index < -0.39 is 0 Å². The standard InChI is InChI=1S/C11H10FN/c1-2-3-10(8-13)9-4-6-11(12)7-5-9/h3-7H,2H2,1H3/b10-3+. The monoisotopic (exact) mass is 175 g/mol. The maximum atomic E-state index is 12.5. The number of rotatable bonds is 2. The zero-order valence-corrected chi connectivity index (χ0v) is 7.42. The molecule has 0 aliphatic heterocycles. The van der Waals surface area contributed by atoms with E-state index in [0.29, 0.717) is 5.57 Å². The smallest absolute Gasteiger partial charge is 0.123 e. The van der Waals surface area contributed by atoms with Crippen LogP contribution in [0.15, 0.2) is 30.3 Å². The van der Waals surface area contributed by atoms with Gasteiger partial charge < -0.3 is 0 Å². The normalized spacial score (nSPS) is 11.0. The van der Waals surface area contributed by atoms with E-state index in [1.54, 1.807) is 12.1 Å². The molecule has 13 heavy (non-hydrogen) atoms. The first-order chi connectivity index (χ1) is 6.27. The maximum Gasteiger partial charge on any atom is 0.123 e. The molecule has 0 radical (unpaired) electrons. The summed E-state index contributed by atoms with van der Waals surface area (Å²) >= 11 is 0. The number of benzene rings is 1. The lowest BCUT2D eigenvalue weighted by Gasteiger charge is -1.97. The third-order valence-corrected chi connectivity index (χ3v) is 1.68. The zero-order valence-electron chi connectivity index (χ0n) is 7.42. The van der Waals surface area contributed by atoms with E-state index in [4.69, 9.17) is 5.26 Å². The summed E-state index contributed by atoms with van der Waals surface area (Å²) < 4.78 is 12.5. The number of hydrogen-bond donors (Lipinski definition) is 0. The summed E-state index contributed by atoms with van der Waals surface area (Å²) in [5, 5.41) is 8.77. The van der Waals surface area contributed by atoms with Gasteiger partial charge in [-0.3, -0.25) is 0 Å². The van der Waals surface area contributed by atoms with E-state index in [2.05, 4.69) is 6.07 Å². The van der Waals surface area contributed by atoms with E-state index in [9.17, 15) is 4.39 Å². The fourth-order valence-electron chi connectivity index (χ4n) is 1.06. The number of hydrogen-bond acceptors (Lipinski definition) is 1. The molecule has 0 atom stereocenters. The molecule has 1 nitrogen and oxygen atoms in total.